The van der Waals surface area contributed by atoms with Crippen molar-refractivity contribution in [3.05, 3.63) is 28.4 Å². The number of amides is 1. The number of sulfonamides is 1. The molecule has 0 fully saturated rings. The summed E-state index contributed by atoms with van der Waals surface area (Å²) in [5.74, 6) is -0.364. The molecule has 0 bridgehead atoms. The summed E-state index contributed by atoms with van der Waals surface area (Å²) in [6.07, 6.45) is 1.48. The molecule has 0 atom stereocenters. The van der Waals surface area contributed by atoms with Gasteiger partial charge in [0.2, 0.25) is 0 Å². The number of carbonyl (C=O) groups is 1. The minimum Gasteiger partial charge on any atom is -0.343 e. The summed E-state index contributed by atoms with van der Waals surface area (Å²) in [5.41, 5.74) is 0.924. The van der Waals surface area contributed by atoms with Crippen LogP contribution in [0, 0.1) is 13.8 Å². The van der Waals surface area contributed by atoms with Crippen molar-refractivity contribution in [2.24, 2.45) is 7.05 Å². The van der Waals surface area contributed by atoms with E-state index in [0.717, 1.165) is 4.88 Å². The zero-order valence-electron chi connectivity index (χ0n) is 13.0. The molecule has 2 rings (SSSR count). The number of thiophene rings is 1. The van der Waals surface area contributed by atoms with Crippen LogP contribution in [-0.2, 0) is 17.1 Å². The second-order valence-corrected chi connectivity index (χ2v) is 8.33. The maximum atomic E-state index is 12.5. The SMILES string of the molecule is Cc1cc(C)c(S(=O)(=O)Nc2cn(C)nc2C(=O)N(C)C)s1. The number of rotatable bonds is 4. The Labute approximate surface area is 133 Å². The third-order valence-electron chi connectivity index (χ3n) is 2.92. The van der Waals surface area contributed by atoms with Crippen molar-refractivity contribution in [3.63, 3.8) is 0 Å². The number of aromatic nitrogens is 2. The quantitative estimate of drug-likeness (QED) is 0.915. The van der Waals surface area contributed by atoms with Crippen molar-refractivity contribution < 1.29 is 13.2 Å². The second kappa shape index (κ2) is 5.73. The predicted octanol–water partition coefficient (Wildman–Crippen LogP) is 1.60. The van der Waals surface area contributed by atoms with Crippen LogP contribution in [0.2, 0.25) is 0 Å². The Bertz CT molecular complexity index is 818. The van der Waals surface area contributed by atoms with Crippen molar-refractivity contribution in [2.75, 3.05) is 18.8 Å². The predicted molar refractivity (Wildman–Crippen MR) is 85.8 cm³/mol. The Morgan fingerprint density at radius 3 is 2.50 bits per heavy atom. The monoisotopic (exact) mass is 342 g/mol. The first-order valence-electron chi connectivity index (χ1n) is 6.47. The van der Waals surface area contributed by atoms with Gasteiger partial charge in [-0.2, -0.15) is 5.10 Å². The lowest BCUT2D eigenvalue weighted by atomic mass is 10.3. The molecule has 0 radical (unpaired) electrons. The maximum absolute atomic E-state index is 12.5. The normalized spacial score (nSPS) is 11.5. The molecule has 0 aliphatic heterocycles. The molecule has 0 unspecified atom stereocenters. The first kappa shape index (κ1) is 16.5. The summed E-state index contributed by atoms with van der Waals surface area (Å²) in [6, 6.07) is 1.81. The smallest absolute Gasteiger partial charge is 0.276 e. The fraction of sp³-hybridized carbons (Fsp3) is 0.385. The van der Waals surface area contributed by atoms with Gasteiger partial charge in [0.15, 0.2) is 5.69 Å². The molecule has 2 aromatic heterocycles. The summed E-state index contributed by atoms with van der Waals surface area (Å²) in [7, 11) is 1.05. The molecule has 0 saturated heterocycles. The van der Waals surface area contributed by atoms with Gasteiger partial charge in [0.25, 0.3) is 15.9 Å². The van der Waals surface area contributed by atoms with E-state index in [9.17, 15) is 13.2 Å². The zero-order valence-corrected chi connectivity index (χ0v) is 14.7. The van der Waals surface area contributed by atoms with E-state index in [1.165, 1.54) is 27.1 Å². The van der Waals surface area contributed by atoms with E-state index >= 15 is 0 Å². The second-order valence-electron chi connectivity index (χ2n) is 5.20. The van der Waals surface area contributed by atoms with Gasteiger partial charge >= 0.3 is 0 Å². The highest BCUT2D eigenvalue weighted by molar-refractivity contribution is 7.94. The standard InChI is InChI=1S/C13H18N4O3S2/c1-8-6-9(2)21-13(8)22(19,20)15-10-7-17(5)14-11(10)12(18)16(3)4/h6-7,15H,1-5H3. The third-order valence-corrected chi connectivity index (χ3v) is 6.08. The van der Waals surface area contributed by atoms with Crippen LogP contribution in [0.1, 0.15) is 20.9 Å². The number of hydrogen-bond donors (Lipinski definition) is 1. The Balaban J connectivity index is 2.43. The fourth-order valence-corrected chi connectivity index (χ4v) is 4.73. The lowest BCUT2D eigenvalue weighted by Gasteiger charge is -2.10. The first-order valence-corrected chi connectivity index (χ1v) is 8.77. The van der Waals surface area contributed by atoms with Gasteiger partial charge in [-0.1, -0.05) is 0 Å². The van der Waals surface area contributed by atoms with E-state index in [1.54, 1.807) is 28.1 Å². The van der Waals surface area contributed by atoms with Crippen LogP contribution in [0.15, 0.2) is 16.5 Å². The highest BCUT2D eigenvalue weighted by Crippen LogP contribution is 2.28. The highest BCUT2D eigenvalue weighted by atomic mass is 32.2. The Morgan fingerprint density at radius 1 is 1.36 bits per heavy atom. The van der Waals surface area contributed by atoms with E-state index in [4.69, 9.17) is 0 Å². The molecular weight excluding hydrogens is 324 g/mol. The van der Waals surface area contributed by atoms with E-state index in [-0.39, 0.29) is 21.5 Å². The van der Waals surface area contributed by atoms with Gasteiger partial charge in [-0.15, -0.1) is 11.3 Å². The summed E-state index contributed by atoms with van der Waals surface area (Å²) in [5, 5.41) is 4.04. The third kappa shape index (κ3) is 3.14. The average molecular weight is 342 g/mol. The molecular formula is C13H18N4O3S2. The van der Waals surface area contributed by atoms with Crippen LogP contribution in [0.5, 0.6) is 0 Å². The van der Waals surface area contributed by atoms with Crippen LogP contribution in [-0.4, -0.2) is 43.1 Å². The van der Waals surface area contributed by atoms with Gasteiger partial charge in [-0.25, -0.2) is 8.42 Å². The van der Waals surface area contributed by atoms with Crippen molar-refractivity contribution in [2.45, 2.75) is 18.1 Å². The van der Waals surface area contributed by atoms with Crippen LogP contribution >= 0.6 is 11.3 Å². The summed E-state index contributed by atoms with van der Waals surface area (Å²) < 4.78 is 29.2. The molecule has 1 amide bonds. The van der Waals surface area contributed by atoms with E-state index in [2.05, 4.69) is 9.82 Å². The van der Waals surface area contributed by atoms with Crippen LogP contribution in [0.25, 0.3) is 0 Å². The highest BCUT2D eigenvalue weighted by Gasteiger charge is 2.25. The van der Waals surface area contributed by atoms with Crippen molar-refractivity contribution in [3.8, 4) is 0 Å². The summed E-state index contributed by atoms with van der Waals surface area (Å²) in [4.78, 5) is 14.3. The number of carbonyl (C=O) groups excluding carboxylic acids is 1. The van der Waals surface area contributed by atoms with E-state index in [1.807, 2.05) is 13.0 Å². The molecule has 0 aromatic carbocycles. The maximum Gasteiger partial charge on any atom is 0.276 e. The number of hydrogen-bond acceptors (Lipinski definition) is 5. The average Bonchev–Trinajstić information content (AvgIpc) is 2.90. The lowest BCUT2D eigenvalue weighted by Crippen LogP contribution is -2.24. The van der Waals surface area contributed by atoms with E-state index < -0.39 is 10.0 Å². The topological polar surface area (TPSA) is 84.3 Å². The molecule has 120 valence electrons. The van der Waals surface area contributed by atoms with Gasteiger partial charge < -0.3 is 4.90 Å². The molecule has 0 aliphatic rings. The summed E-state index contributed by atoms with van der Waals surface area (Å²) >= 11 is 1.19. The molecule has 0 aliphatic carbocycles. The molecule has 0 spiro atoms. The Kier molecular flexibility index (Phi) is 4.30. The van der Waals surface area contributed by atoms with Gasteiger partial charge in [-0.05, 0) is 25.5 Å². The number of anilines is 1. The van der Waals surface area contributed by atoms with Gasteiger partial charge in [-0.3, -0.25) is 14.2 Å². The largest absolute Gasteiger partial charge is 0.343 e. The fourth-order valence-electron chi connectivity index (χ4n) is 2.01. The Hall–Kier alpha value is -1.87. The summed E-state index contributed by atoms with van der Waals surface area (Å²) in [6.45, 7) is 3.59. The van der Waals surface area contributed by atoms with Gasteiger partial charge in [0.05, 0.1) is 5.69 Å². The number of nitrogens with zero attached hydrogens (tertiary/aromatic N) is 3. The lowest BCUT2D eigenvalue weighted by molar-refractivity contribution is 0.0822. The number of aryl methyl sites for hydroxylation is 3. The van der Waals surface area contributed by atoms with E-state index in [0.29, 0.717) is 5.56 Å². The van der Waals surface area contributed by atoms with Crippen molar-refractivity contribution in [1.82, 2.24) is 14.7 Å². The molecule has 0 saturated carbocycles. The number of nitrogens with one attached hydrogen (secondary N) is 1. The molecule has 2 heterocycles. The molecule has 1 N–H and O–H groups in total. The van der Waals surface area contributed by atoms with Crippen LogP contribution in [0.4, 0.5) is 5.69 Å². The molecule has 7 nitrogen and oxygen atoms in total. The van der Waals surface area contributed by atoms with Gasteiger partial charge in [0, 0.05) is 32.2 Å². The van der Waals surface area contributed by atoms with Crippen LogP contribution < -0.4 is 4.72 Å². The molecule has 2 aromatic rings. The van der Waals surface area contributed by atoms with Gasteiger partial charge in [0.1, 0.15) is 4.21 Å². The zero-order chi connectivity index (χ0) is 16.7. The minimum absolute atomic E-state index is 0.0713. The molecule has 22 heavy (non-hydrogen) atoms. The van der Waals surface area contributed by atoms with Crippen molar-refractivity contribution >= 4 is 33.0 Å². The molecule has 9 heteroatoms. The Morgan fingerprint density at radius 2 is 2.00 bits per heavy atom. The van der Waals surface area contributed by atoms with Crippen molar-refractivity contribution in [1.29, 1.82) is 0 Å². The minimum atomic E-state index is -3.75. The van der Waals surface area contributed by atoms with Crippen LogP contribution in [0.3, 0.4) is 0 Å². The first-order chi connectivity index (χ1) is 10.1.